The Morgan fingerprint density at radius 3 is 3.00 bits per heavy atom. The molecule has 0 aromatic heterocycles. The van der Waals surface area contributed by atoms with Crippen LogP contribution in [0.3, 0.4) is 0 Å². The lowest BCUT2D eigenvalue weighted by Crippen LogP contribution is -2.06. The quantitative estimate of drug-likeness (QED) is 0.472. The maximum Gasteiger partial charge on any atom is 0.161 e. The summed E-state index contributed by atoms with van der Waals surface area (Å²) >= 11 is 0. The fourth-order valence-electron chi connectivity index (χ4n) is 0.515. The van der Waals surface area contributed by atoms with Gasteiger partial charge in [0.25, 0.3) is 0 Å². The standard InChI is InChI=1S/C5H6NO2S/c7-9(8)4-1-2-6-3-5-9/h1,3,5H2. The molecular weight excluding hydrogens is 138 g/mol. The third-order valence-electron chi connectivity index (χ3n) is 0.955. The first kappa shape index (κ1) is 6.74. The fourth-order valence-corrected chi connectivity index (χ4v) is 1.28. The average molecular weight is 144 g/mol. The highest BCUT2D eigenvalue weighted by Crippen LogP contribution is 2.01. The van der Waals surface area contributed by atoms with E-state index < -0.39 is 9.84 Å². The predicted octanol–water partition coefficient (Wildman–Crippen LogP) is -0.209. The maximum absolute atomic E-state index is 10.7. The van der Waals surface area contributed by atoms with Gasteiger partial charge in [-0.05, 0) is 0 Å². The summed E-state index contributed by atoms with van der Waals surface area (Å²) in [6.07, 6.45) is 2.75. The molecule has 3 radical (unpaired) electrons. The Kier molecular flexibility index (Phi) is 1.85. The van der Waals surface area contributed by atoms with Crippen molar-refractivity contribution in [2.45, 2.75) is 6.42 Å². The molecule has 0 atom stereocenters. The first-order valence-electron chi connectivity index (χ1n) is 2.57. The minimum Gasteiger partial charge on any atom is -0.287 e. The van der Waals surface area contributed by atoms with Crippen LogP contribution in [0.25, 0.3) is 0 Å². The van der Waals surface area contributed by atoms with Crippen molar-refractivity contribution in [1.82, 2.24) is 0 Å². The van der Waals surface area contributed by atoms with E-state index in [2.05, 4.69) is 17.0 Å². The van der Waals surface area contributed by atoms with Crippen molar-refractivity contribution in [1.29, 1.82) is 0 Å². The second kappa shape index (κ2) is 2.47. The summed E-state index contributed by atoms with van der Waals surface area (Å²) in [6, 6.07) is 0. The van der Waals surface area contributed by atoms with Crippen molar-refractivity contribution in [3.63, 3.8) is 0 Å². The molecule has 0 bridgehead atoms. The molecule has 1 heterocycles. The van der Waals surface area contributed by atoms with Crippen LogP contribution in [-0.2, 0) is 9.84 Å². The van der Waals surface area contributed by atoms with E-state index in [0.717, 1.165) is 0 Å². The Morgan fingerprint density at radius 2 is 2.22 bits per heavy atom. The van der Waals surface area contributed by atoms with Crippen molar-refractivity contribution in [2.75, 3.05) is 12.3 Å². The van der Waals surface area contributed by atoms with Gasteiger partial charge in [0, 0.05) is 6.42 Å². The molecule has 0 fully saturated rings. The molecule has 0 saturated heterocycles. The molecule has 1 aliphatic heterocycles. The van der Waals surface area contributed by atoms with Crippen LogP contribution < -0.4 is 0 Å². The third kappa shape index (κ3) is 2.13. The Morgan fingerprint density at radius 1 is 1.44 bits per heavy atom. The summed E-state index contributed by atoms with van der Waals surface area (Å²) in [7, 11) is -3.03. The van der Waals surface area contributed by atoms with Gasteiger partial charge < -0.3 is 0 Å². The molecule has 0 aromatic carbocycles. The highest BCUT2D eigenvalue weighted by molar-refractivity contribution is 7.93. The summed E-state index contributed by atoms with van der Waals surface area (Å²) in [5, 5.41) is 0. The van der Waals surface area contributed by atoms with Gasteiger partial charge in [0.2, 0.25) is 0 Å². The lowest BCUT2D eigenvalue weighted by Gasteiger charge is -1.91. The van der Waals surface area contributed by atoms with Crippen LogP contribution in [0.15, 0.2) is 4.99 Å². The predicted molar refractivity (Wildman–Crippen MR) is 33.9 cm³/mol. The van der Waals surface area contributed by atoms with Gasteiger partial charge in [-0.25, -0.2) is 8.42 Å². The SMILES string of the molecule is O=S1(=O)[C]C[C]=NCC1. The van der Waals surface area contributed by atoms with E-state index in [1.165, 1.54) is 0 Å². The van der Waals surface area contributed by atoms with Crippen molar-refractivity contribution in [3.8, 4) is 0 Å². The smallest absolute Gasteiger partial charge is 0.161 e. The van der Waals surface area contributed by atoms with E-state index in [1.807, 2.05) is 0 Å². The number of nitrogens with zero attached hydrogens (tertiary/aromatic N) is 1. The van der Waals surface area contributed by atoms with E-state index in [4.69, 9.17) is 0 Å². The van der Waals surface area contributed by atoms with Crippen molar-refractivity contribution in [2.24, 2.45) is 4.99 Å². The van der Waals surface area contributed by atoms with E-state index >= 15 is 0 Å². The van der Waals surface area contributed by atoms with Crippen molar-refractivity contribution < 1.29 is 8.42 Å². The normalized spacial score (nSPS) is 25.3. The van der Waals surface area contributed by atoms with Crippen molar-refractivity contribution in [3.05, 3.63) is 5.75 Å². The topological polar surface area (TPSA) is 46.5 Å². The van der Waals surface area contributed by atoms with E-state index in [-0.39, 0.29) is 12.2 Å². The minimum atomic E-state index is -3.03. The van der Waals surface area contributed by atoms with Gasteiger partial charge in [0.1, 0.15) is 5.75 Å². The molecule has 49 valence electrons. The molecule has 1 aliphatic rings. The number of hydrogen-bond acceptors (Lipinski definition) is 3. The molecule has 0 aliphatic carbocycles. The molecule has 0 N–H and O–H groups in total. The number of aliphatic imine (C=N–C) groups is 1. The van der Waals surface area contributed by atoms with Gasteiger partial charge in [-0.3, -0.25) is 4.99 Å². The molecule has 9 heavy (non-hydrogen) atoms. The summed E-state index contributed by atoms with van der Waals surface area (Å²) in [4.78, 5) is 3.67. The van der Waals surface area contributed by atoms with Crippen LogP contribution >= 0.6 is 0 Å². The molecule has 0 spiro atoms. The van der Waals surface area contributed by atoms with Gasteiger partial charge in [-0.15, -0.1) is 0 Å². The molecule has 1 rings (SSSR count). The van der Waals surface area contributed by atoms with E-state index in [0.29, 0.717) is 6.54 Å². The summed E-state index contributed by atoms with van der Waals surface area (Å²) < 4.78 is 21.3. The first-order chi connectivity index (χ1) is 4.21. The molecule has 0 unspecified atom stereocenters. The molecule has 3 nitrogen and oxygen atoms in total. The van der Waals surface area contributed by atoms with Crippen LogP contribution in [0.4, 0.5) is 0 Å². The Hall–Kier alpha value is -0.380. The Bertz CT molecular complexity index is 189. The van der Waals surface area contributed by atoms with Crippen LogP contribution in [0.1, 0.15) is 6.42 Å². The van der Waals surface area contributed by atoms with Crippen LogP contribution in [0, 0.1) is 5.75 Å². The largest absolute Gasteiger partial charge is 0.287 e. The van der Waals surface area contributed by atoms with Gasteiger partial charge in [-0.2, -0.15) is 0 Å². The molecule has 4 heteroatoms. The average Bonchev–Trinajstić information content (AvgIpc) is 1.92. The van der Waals surface area contributed by atoms with Gasteiger partial charge in [0.05, 0.1) is 18.5 Å². The summed E-state index contributed by atoms with van der Waals surface area (Å²) in [5.41, 5.74) is 0. The van der Waals surface area contributed by atoms with E-state index in [9.17, 15) is 8.42 Å². The first-order valence-corrected chi connectivity index (χ1v) is 4.23. The highest BCUT2D eigenvalue weighted by Gasteiger charge is 2.12. The highest BCUT2D eigenvalue weighted by atomic mass is 32.2. The number of sulfone groups is 1. The fraction of sp³-hybridized carbons (Fsp3) is 0.600. The minimum absolute atomic E-state index is 0.0833. The van der Waals surface area contributed by atoms with E-state index in [1.54, 1.807) is 0 Å². The zero-order valence-electron chi connectivity index (χ0n) is 4.79. The van der Waals surface area contributed by atoms with Crippen molar-refractivity contribution >= 4 is 16.1 Å². The zero-order valence-corrected chi connectivity index (χ0v) is 5.61. The zero-order chi connectivity index (χ0) is 6.74. The third-order valence-corrected chi connectivity index (χ3v) is 2.26. The second-order valence-corrected chi connectivity index (χ2v) is 3.61. The monoisotopic (exact) mass is 144 g/mol. The molecule has 0 amide bonds. The van der Waals surface area contributed by atoms with Gasteiger partial charge in [-0.1, -0.05) is 0 Å². The lowest BCUT2D eigenvalue weighted by atomic mass is 10.5. The molecule has 0 saturated carbocycles. The lowest BCUT2D eigenvalue weighted by molar-refractivity contribution is 0.601. The molecular formula is C5H6NO2S. The number of rotatable bonds is 0. The molecule has 0 aromatic rings. The van der Waals surface area contributed by atoms with Gasteiger partial charge in [0.15, 0.2) is 9.84 Å². The van der Waals surface area contributed by atoms with Crippen LogP contribution in [0.5, 0.6) is 0 Å². The van der Waals surface area contributed by atoms with Gasteiger partial charge >= 0.3 is 0 Å². The Balaban J connectivity index is 2.66. The van der Waals surface area contributed by atoms with Crippen LogP contribution in [0.2, 0.25) is 0 Å². The van der Waals surface area contributed by atoms with Crippen LogP contribution in [-0.4, -0.2) is 26.9 Å². The number of hydrogen-bond donors (Lipinski definition) is 0. The Labute approximate surface area is 54.7 Å². The summed E-state index contributed by atoms with van der Waals surface area (Å²) in [5.74, 6) is 2.37. The second-order valence-electron chi connectivity index (χ2n) is 1.68. The maximum atomic E-state index is 10.7. The summed E-state index contributed by atoms with van der Waals surface area (Å²) in [6.45, 7) is 0.329.